The number of rotatable bonds is 2. The van der Waals surface area contributed by atoms with Crippen LogP contribution in [0.3, 0.4) is 0 Å². The Kier molecular flexibility index (Phi) is 4.53. The summed E-state index contributed by atoms with van der Waals surface area (Å²) in [6, 6.07) is 0. The molecule has 0 nitrogen and oxygen atoms in total. The molecule has 0 N–H and O–H groups in total. The Bertz CT molecular complexity index is 35.3. The topological polar surface area (TPSA) is 0 Å². The first-order valence-corrected chi connectivity index (χ1v) is 2.32. The van der Waals surface area contributed by atoms with Gasteiger partial charge in [-0.3, -0.25) is 0 Å². The minimum atomic E-state index is 1.02. The summed E-state index contributed by atoms with van der Waals surface area (Å²) >= 11 is 0. The SMILES string of the molecule is [CH2]CC/C=C\C. The molecule has 0 rings (SSSR count). The van der Waals surface area contributed by atoms with Crippen molar-refractivity contribution < 1.29 is 0 Å². The van der Waals surface area contributed by atoms with Crippen molar-refractivity contribution in [1.82, 2.24) is 0 Å². The van der Waals surface area contributed by atoms with E-state index in [4.69, 9.17) is 0 Å². The standard InChI is InChI=1S/C6H11/c1-3-5-6-4-2/h4,6H,1,3,5H2,2H3/b6-4-. The largest absolute Gasteiger partial charge is 0.0917 e. The van der Waals surface area contributed by atoms with E-state index in [0.717, 1.165) is 12.8 Å². The molecule has 1 radical (unpaired) electrons. The van der Waals surface area contributed by atoms with Crippen molar-refractivity contribution in [1.29, 1.82) is 0 Å². The fourth-order valence-electron chi connectivity index (χ4n) is 0.285. The van der Waals surface area contributed by atoms with E-state index in [-0.39, 0.29) is 0 Å². The molecule has 0 aliphatic carbocycles. The van der Waals surface area contributed by atoms with Gasteiger partial charge in [0.2, 0.25) is 0 Å². The van der Waals surface area contributed by atoms with E-state index in [1.165, 1.54) is 0 Å². The predicted octanol–water partition coefficient (Wildman–Crippen LogP) is 2.18. The number of hydrogen-bond acceptors (Lipinski definition) is 0. The average Bonchev–Trinajstić information content (AvgIpc) is 1.61. The van der Waals surface area contributed by atoms with Crippen LogP contribution in [-0.2, 0) is 0 Å². The molecule has 0 unspecified atom stereocenters. The minimum Gasteiger partial charge on any atom is -0.0917 e. The van der Waals surface area contributed by atoms with Crippen molar-refractivity contribution >= 4 is 0 Å². The van der Waals surface area contributed by atoms with Crippen LogP contribution in [0.15, 0.2) is 12.2 Å². The second kappa shape index (κ2) is 4.74. The second-order valence-corrected chi connectivity index (χ2v) is 1.21. The maximum atomic E-state index is 3.67. The van der Waals surface area contributed by atoms with Gasteiger partial charge in [0.05, 0.1) is 0 Å². The summed E-state index contributed by atoms with van der Waals surface area (Å²) < 4.78 is 0. The van der Waals surface area contributed by atoms with Gasteiger partial charge in [0.15, 0.2) is 0 Å². The molecular weight excluding hydrogens is 72.1 g/mol. The van der Waals surface area contributed by atoms with E-state index in [0.29, 0.717) is 0 Å². The first kappa shape index (κ1) is 5.74. The van der Waals surface area contributed by atoms with Crippen LogP contribution in [-0.4, -0.2) is 0 Å². The highest BCUT2D eigenvalue weighted by Gasteiger charge is 1.65. The molecule has 0 aromatic carbocycles. The third-order valence-corrected chi connectivity index (χ3v) is 0.606. The van der Waals surface area contributed by atoms with Crippen LogP contribution < -0.4 is 0 Å². The van der Waals surface area contributed by atoms with E-state index in [1.54, 1.807) is 0 Å². The van der Waals surface area contributed by atoms with Gasteiger partial charge >= 0.3 is 0 Å². The first-order valence-electron chi connectivity index (χ1n) is 2.32. The fourth-order valence-corrected chi connectivity index (χ4v) is 0.285. The Hall–Kier alpha value is -0.260. The molecule has 0 heteroatoms. The molecule has 0 saturated heterocycles. The molecule has 0 aliphatic heterocycles. The zero-order chi connectivity index (χ0) is 4.83. The lowest BCUT2D eigenvalue weighted by Gasteiger charge is -1.76. The van der Waals surface area contributed by atoms with E-state index in [2.05, 4.69) is 13.0 Å². The monoisotopic (exact) mass is 83.1 g/mol. The number of allylic oxidation sites excluding steroid dienone is 2. The molecule has 0 atom stereocenters. The van der Waals surface area contributed by atoms with E-state index >= 15 is 0 Å². The normalized spacial score (nSPS) is 10.3. The van der Waals surface area contributed by atoms with Gasteiger partial charge < -0.3 is 0 Å². The Labute approximate surface area is 39.9 Å². The van der Waals surface area contributed by atoms with E-state index < -0.39 is 0 Å². The molecule has 6 heavy (non-hydrogen) atoms. The molecule has 0 amide bonds. The van der Waals surface area contributed by atoms with Crippen molar-refractivity contribution in [2.75, 3.05) is 0 Å². The number of unbranched alkanes of at least 4 members (excludes halogenated alkanes) is 1. The highest BCUT2D eigenvalue weighted by Crippen LogP contribution is 1.84. The van der Waals surface area contributed by atoms with Crippen molar-refractivity contribution in [2.45, 2.75) is 19.8 Å². The molecule has 0 fully saturated rings. The molecule has 0 aromatic rings. The van der Waals surface area contributed by atoms with E-state index in [1.807, 2.05) is 13.0 Å². The maximum Gasteiger partial charge on any atom is -0.0351 e. The summed E-state index contributed by atoms with van der Waals surface area (Å²) in [6.07, 6.45) is 6.30. The molecule has 0 spiro atoms. The molecule has 0 saturated carbocycles. The average molecular weight is 83.2 g/mol. The van der Waals surface area contributed by atoms with Crippen LogP contribution >= 0.6 is 0 Å². The van der Waals surface area contributed by atoms with E-state index in [9.17, 15) is 0 Å². The van der Waals surface area contributed by atoms with Gasteiger partial charge in [-0.1, -0.05) is 19.1 Å². The van der Waals surface area contributed by atoms with Gasteiger partial charge in [0.25, 0.3) is 0 Å². The van der Waals surface area contributed by atoms with Crippen LogP contribution in [0.2, 0.25) is 0 Å². The highest BCUT2D eigenvalue weighted by molar-refractivity contribution is 4.76. The van der Waals surface area contributed by atoms with Crippen LogP contribution in [0.1, 0.15) is 19.8 Å². The maximum absolute atomic E-state index is 3.67. The lowest BCUT2D eigenvalue weighted by atomic mass is 10.3. The zero-order valence-electron chi connectivity index (χ0n) is 4.28. The summed E-state index contributed by atoms with van der Waals surface area (Å²) in [7, 11) is 0. The fraction of sp³-hybridized carbons (Fsp3) is 0.500. The predicted molar refractivity (Wildman–Crippen MR) is 29.4 cm³/mol. The van der Waals surface area contributed by atoms with Gasteiger partial charge in [-0.2, -0.15) is 0 Å². The number of hydrogen-bond donors (Lipinski definition) is 0. The van der Waals surface area contributed by atoms with Crippen molar-refractivity contribution in [3.8, 4) is 0 Å². The Morgan fingerprint density at radius 3 is 2.50 bits per heavy atom. The van der Waals surface area contributed by atoms with Gasteiger partial charge in [-0.25, -0.2) is 0 Å². The quantitative estimate of drug-likeness (QED) is 0.449. The second-order valence-electron chi connectivity index (χ2n) is 1.21. The van der Waals surface area contributed by atoms with Crippen LogP contribution in [0.4, 0.5) is 0 Å². The smallest absolute Gasteiger partial charge is 0.0351 e. The van der Waals surface area contributed by atoms with Crippen LogP contribution in [0.5, 0.6) is 0 Å². The molecule has 0 bridgehead atoms. The lowest BCUT2D eigenvalue weighted by molar-refractivity contribution is 1.05. The summed E-state index contributed by atoms with van der Waals surface area (Å²) in [5, 5.41) is 0. The Balaban J connectivity index is 2.66. The molecule has 35 valence electrons. The summed E-state index contributed by atoms with van der Waals surface area (Å²) in [4.78, 5) is 0. The Morgan fingerprint density at radius 2 is 2.33 bits per heavy atom. The lowest BCUT2D eigenvalue weighted by Crippen LogP contribution is -1.56. The Morgan fingerprint density at radius 1 is 1.67 bits per heavy atom. The van der Waals surface area contributed by atoms with Gasteiger partial charge in [-0.15, -0.1) is 0 Å². The minimum absolute atomic E-state index is 1.02. The highest BCUT2D eigenvalue weighted by atomic mass is 13.7. The van der Waals surface area contributed by atoms with Crippen molar-refractivity contribution in [3.63, 3.8) is 0 Å². The van der Waals surface area contributed by atoms with Gasteiger partial charge in [0.1, 0.15) is 0 Å². The van der Waals surface area contributed by atoms with Gasteiger partial charge in [0, 0.05) is 0 Å². The molecular formula is C6H11. The van der Waals surface area contributed by atoms with Crippen LogP contribution in [0.25, 0.3) is 0 Å². The molecule has 0 aromatic heterocycles. The van der Waals surface area contributed by atoms with Crippen molar-refractivity contribution in [3.05, 3.63) is 19.1 Å². The van der Waals surface area contributed by atoms with Gasteiger partial charge in [-0.05, 0) is 19.8 Å². The summed E-state index contributed by atoms with van der Waals surface area (Å²) in [5.41, 5.74) is 0. The summed E-state index contributed by atoms with van der Waals surface area (Å²) in [5.74, 6) is 0. The summed E-state index contributed by atoms with van der Waals surface area (Å²) in [6.45, 7) is 5.70. The van der Waals surface area contributed by atoms with Crippen molar-refractivity contribution in [2.24, 2.45) is 0 Å². The third kappa shape index (κ3) is 3.74. The molecule has 0 heterocycles. The molecule has 0 aliphatic rings. The van der Waals surface area contributed by atoms with Crippen LogP contribution in [0, 0.1) is 6.92 Å². The first-order chi connectivity index (χ1) is 2.91. The third-order valence-electron chi connectivity index (χ3n) is 0.606. The zero-order valence-corrected chi connectivity index (χ0v) is 4.28.